The fourth-order valence-electron chi connectivity index (χ4n) is 4.42. The molecule has 8 heteroatoms. The van der Waals surface area contributed by atoms with E-state index < -0.39 is 0 Å². The molecule has 0 bridgehead atoms. The lowest BCUT2D eigenvalue weighted by molar-refractivity contribution is 0.0747. The molecular weight excluding hydrogens is 416 g/mol. The molecule has 0 N–H and O–H groups in total. The van der Waals surface area contributed by atoms with Crippen molar-refractivity contribution in [3.63, 3.8) is 0 Å². The largest absolute Gasteiger partial charge is 0.337 e. The molecule has 4 heterocycles. The van der Waals surface area contributed by atoms with Gasteiger partial charge in [-0.05, 0) is 41.1 Å². The van der Waals surface area contributed by atoms with Crippen LogP contribution in [-0.4, -0.2) is 56.3 Å². The van der Waals surface area contributed by atoms with E-state index in [0.717, 1.165) is 10.8 Å². The number of benzene rings is 2. The predicted octanol–water partition coefficient (Wildman–Crippen LogP) is 2.75. The average molecular weight is 436 g/mol. The second kappa shape index (κ2) is 7.67. The van der Waals surface area contributed by atoms with E-state index >= 15 is 0 Å². The van der Waals surface area contributed by atoms with E-state index in [9.17, 15) is 9.59 Å². The number of rotatable bonds is 2. The molecule has 0 saturated carbocycles. The molecule has 33 heavy (non-hydrogen) atoms. The minimum absolute atomic E-state index is 0.131. The van der Waals surface area contributed by atoms with Crippen LogP contribution in [-0.2, 0) is 0 Å². The number of carbonyl (C=O) groups excluding carboxylic acids is 1. The van der Waals surface area contributed by atoms with E-state index in [1.54, 1.807) is 41.7 Å². The molecule has 0 atom stereocenters. The highest BCUT2D eigenvalue weighted by atomic mass is 16.2. The maximum atomic E-state index is 13.4. The van der Waals surface area contributed by atoms with Crippen molar-refractivity contribution in [2.75, 3.05) is 31.1 Å². The number of piperazine rings is 1. The van der Waals surface area contributed by atoms with Gasteiger partial charge in [0.2, 0.25) is 5.95 Å². The van der Waals surface area contributed by atoms with Gasteiger partial charge in [-0.3, -0.25) is 14.0 Å². The van der Waals surface area contributed by atoms with Crippen LogP contribution in [0.5, 0.6) is 0 Å². The van der Waals surface area contributed by atoms with Gasteiger partial charge in [0.05, 0.1) is 16.5 Å². The van der Waals surface area contributed by atoms with Gasteiger partial charge >= 0.3 is 0 Å². The minimum Gasteiger partial charge on any atom is -0.337 e. The summed E-state index contributed by atoms with van der Waals surface area (Å²) < 4.78 is 1.47. The number of hydrogen-bond donors (Lipinski definition) is 0. The highest BCUT2D eigenvalue weighted by Gasteiger charge is 2.25. The molecular formula is C25H20N6O2. The maximum absolute atomic E-state index is 13.4. The number of carbonyl (C=O) groups is 1. The summed E-state index contributed by atoms with van der Waals surface area (Å²) in [4.78, 5) is 43.9. The van der Waals surface area contributed by atoms with Gasteiger partial charge in [-0.2, -0.15) is 0 Å². The van der Waals surface area contributed by atoms with Crippen molar-refractivity contribution in [3.05, 3.63) is 89.1 Å². The second-order valence-corrected chi connectivity index (χ2v) is 8.08. The fourth-order valence-corrected chi connectivity index (χ4v) is 4.42. The van der Waals surface area contributed by atoms with E-state index in [2.05, 4.69) is 14.9 Å². The Morgan fingerprint density at radius 1 is 0.848 bits per heavy atom. The van der Waals surface area contributed by atoms with Crippen LogP contribution < -0.4 is 10.5 Å². The van der Waals surface area contributed by atoms with Crippen molar-refractivity contribution in [2.45, 2.75) is 0 Å². The van der Waals surface area contributed by atoms with Crippen molar-refractivity contribution in [3.8, 4) is 0 Å². The molecule has 0 aliphatic carbocycles. The summed E-state index contributed by atoms with van der Waals surface area (Å²) in [5.41, 5.74) is 1.21. The average Bonchev–Trinajstić information content (AvgIpc) is 2.88. The van der Waals surface area contributed by atoms with Crippen LogP contribution in [0.3, 0.4) is 0 Å². The molecule has 1 amide bonds. The zero-order chi connectivity index (χ0) is 22.4. The van der Waals surface area contributed by atoms with E-state index in [4.69, 9.17) is 4.98 Å². The van der Waals surface area contributed by atoms with Gasteiger partial charge in [0.25, 0.3) is 11.5 Å². The minimum atomic E-state index is -0.179. The predicted molar refractivity (Wildman–Crippen MR) is 127 cm³/mol. The smallest absolute Gasteiger partial charge is 0.265 e. The van der Waals surface area contributed by atoms with Gasteiger partial charge in [-0.1, -0.05) is 24.3 Å². The van der Waals surface area contributed by atoms with E-state index in [-0.39, 0.29) is 11.5 Å². The zero-order valence-corrected chi connectivity index (χ0v) is 17.8. The molecule has 0 unspecified atom stereocenters. The summed E-state index contributed by atoms with van der Waals surface area (Å²) in [6, 6.07) is 16.9. The van der Waals surface area contributed by atoms with E-state index in [1.165, 1.54) is 4.40 Å². The first kappa shape index (κ1) is 19.4. The molecule has 3 aromatic heterocycles. The SMILES string of the molecule is O=C(c1cccn2c(=O)c3cc4ccccc4cc3nc12)N1CCN(c2ncccn2)CC1. The Hall–Kier alpha value is -4.33. The van der Waals surface area contributed by atoms with E-state index in [0.29, 0.717) is 54.2 Å². The second-order valence-electron chi connectivity index (χ2n) is 8.08. The van der Waals surface area contributed by atoms with Gasteiger partial charge in [0.15, 0.2) is 5.65 Å². The summed E-state index contributed by atoms with van der Waals surface area (Å²) in [6.07, 6.45) is 5.10. The summed E-state index contributed by atoms with van der Waals surface area (Å²) >= 11 is 0. The topological polar surface area (TPSA) is 83.7 Å². The summed E-state index contributed by atoms with van der Waals surface area (Å²) in [7, 11) is 0. The standard InChI is InChI=1S/C25H20N6O2/c32-23(29-11-13-30(14-12-29)25-26-8-4-9-27-25)19-7-3-10-31-22(19)28-21-16-18-6-2-1-5-17(18)15-20(21)24(31)33/h1-10,15-16H,11-14H2. The molecule has 0 spiro atoms. The van der Waals surface area contributed by atoms with Crippen molar-refractivity contribution in [1.82, 2.24) is 24.3 Å². The first-order chi connectivity index (χ1) is 16.2. The normalized spacial score (nSPS) is 14.3. The van der Waals surface area contributed by atoms with Crippen molar-refractivity contribution < 1.29 is 4.79 Å². The Morgan fingerprint density at radius 3 is 2.33 bits per heavy atom. The van der Waals surface area contributed by atoms with Crippen LogP contribution in [0.4, 0.5) is 5.95 Å². The Balaban J connectivity index is 1.38. The molecule has 6 rings (SSSR count). The molecule has 1 aliphatic rings. The first-order valence-corrected chi connectivity index (χ1v) is 10.8. The monoisotopic (exact) mass is 436 g/mol. The summed E-state index contributed by atoms with van der Waals surface area (Å²) in [5.74, 6) is 0.537. The summed E-state index contributed by atoms with van der Waals surface area (Å²) in [5, 5.41) is 2.52. The third kappa shape index (κ3) is 3.27. The molecule has 1 aliphatic heterocycles. The van der Waals surface area contributed by atoms with Crippen molar-refractivity contribution in [2.24, 2.45) is 0 Å². The molecule has 1 fully saturated rings. The zero-order valence-electron chi connectivity index (χ0n) is 17.8. The highest BCUT2D eigenvalue weighted by Crippen LogP contribution is 2.21. The quantitative estimate of drug-likeness (QED) is 0.396. The van der Waals surface area contributed by atoms with Gasteiger partial charge in [0, 0.05) is 44.8 Å². The van der Waals surface area contributed by atoms with Crippen LogP contribution in [0.2, 0.25) is 0 Å². The van der Waals surface area contributed by atoms with E-state index in [1.807, 2.05) is 36.4 Å². The van der Waals surface area contributed by atoms with Gasteiger partial charge in [-0.25, -0.2) is 15.0 Å². The number of amides is 1. The third-order valence-electron chi connectivity index (χ3n) is 6.14. The number of pyridine rings is 1. The molecule has 2 aromatic carbocycles. The Labute approximate surface area is 188 Å². The number of nitrogens with zero attached hydrogens (tertiary/aromatic N) is 6. The van der Waals surface area contributed by atoms with Crippen molar-refractivity contribution >= 4 is 39.2 Å². The van der Waals surface area contributed by atoms with Gasteiger partial charge in [-0.15, -0.1) is 0 Å². The molecule has 8 nitrogen and oxygen atoms in total. The van der Waals surface area contributed by atoms with Gasteiger partial charge in [0.1, 0.15) is 0 Å². The Kier molecular flexibility index (Phi) is 4.50. The number of hydrogen-bond acceptors (Lipinski definition) is 6. The first-order valence-electron chi connectivity index (χ1n) is 10.8. The van der Waals surface area contributed by atoms with Crippen LogP contribution in [0.25, 0.3) is 27.3 Å². The fraction of sp³-hybridized carbons (Fsp3) is 0.160. The van der Waals surface area contributed by atoms with Crippen LogP contribution in [0.15, 0.2) is 78.0 Å². The third-order valence-corrected chi connectivity index (χ3v) is 6.14. The molecule has 1 saturated heterocycles. The summed E-state index contributed by atoms with van der Waals surface area (Å²) in [6.45, 7) is 2.37. The van der Waals surface area contributed by atoms with Crippen LogP contribution >= 0.6 is 0 Å². The van der Waals surface area contributed by atoms with Gasteiger partial charge < -0.3 is 9.80 Å². The van der Waals surface area contributed by atoms with Crippen molar-refractivity contribution in [1.29, 1.82) is 0 Å². The number of anilines is 1. The molecule has 0 radical (unpaired) electrons. The lowest BCUT2D eigenvalue weighted by atomic mass is 10.1. The van der Waals surface area contributed by atoms with Crippen LogP contribution in [0, 0.1) is 0 Å². The molecule has 162 valence electrons. The van der Waals surface area contributed by atoms with Crippen LogP contribution in [0.1, 0.15) is 10.4 Å². The maximum Gasteiger partial charge on any atom is 0.265 e. The number of fused-ring (bicyclic) bond motifs is 3. The lowest BCUT2D eigenvalue weighted by Crippen LogP contribution is -2.49. The molecule has 5 aromatic rings. The Bertz CT molecular complexity index is 1570. The Morgan fingerprint density at radius 2 is 1.58 bits per heavy atom. The highest BCUT2D eigenvalue weighted by molar-refractivity contribution is 6.02. The lowest BCUT2D eigenvalue weighted by Gasteiger charge is -2.34. The number of aromatic nitrogens is 4.